The molecule has 1 saturated carbocycles. The van der Waals surface area contributed by atoms with Crippen molar-refractivity contribution in [3.05, 3.63) is 18.0 Å². The fourth-order valence-corrected chi connectivity index (χ4v) is 2.51. The van der Waals surface area contributed by atoms with E-state index in [0.29, 0.717) is 5.95 Å². The lowest BCUT2D eigenvalue weighted by Crippen LogP contribution is -2.30. The molecule has 5 heteroatoms. The molecule has 0 spiro atoms. The standard InChI is InChI=1S/C15H23N3O2/c1-15(2,3)12-8-9-16-14(18-12)17-11-6-4-10(5-7-11)13(19)20/h8-11H,4-7H2,1-3H3,(H,19,20)(H,16,17,18). The zero-order valence-corrected chi connectivity index (χ0v) is 12.4. The smallest absolute Gasteiger partial charge is 0.306 e. The molecular formula is C15H23N3O2. The molecule has 0 amide bonds. The first-order valence-corrected chi connectivity index (χ1v) is 7.19. The molecule has 0 unspecified atom stereocenters. The Morgan fingerprint density at radius 3 is 2.50 bits per heavy atom. The second-order valence-electron chi connectivity index (χ2n) is 6.55. The zero-order chi connectivity index (χ0) is 14.8. The topological polar surface area (TPSA) is 75.1 Å². The summed E-state index contributed by atoms with van der Waals surface area (Å²) < 4.78 is 0. The third kappa shape index (κ3) is 3.68. The first-order chi connectivity index (χ1) is 9.36. The normalized spacial score (nSPS) is 23.4. The molecule has 110 valence electrons. The number of nitrogens with zero attached hydrogens (tertiary/aromatic N) is 2. The van der Waals surface area contributed by atoms with Gasteiger partial charge in [0, 0.05) is 17.7 Å². The summed E-state index contributed by atoms with van der Waals surface area (Å²) in [4.78, 5) is 19.7. The highest BCUT2D eigenvalue weighted by Gasteiger charge is 2.26. The Morgan fingerprint density at radius 1 is 1.30 bits per heavy atom. The van der Waals surface area contributed by atoms with Crippen molar-refractivity contribution < 1.29 is 9.90 Å². The minimum absolute atomic E-state index is 0.000335. The van der Waals surface area contributed by atoms with Crippen molar-refractivity contribution in [1.29, 1.82) is 0 Å². The number of rotatable bonds is 3. The Kier molecular flexibility index (Phi) is 4.26. The van der Waals surface area contributed by atoms with E-state index >= 15 is 0 Å². The van der Waals surface area contributed by atoms with Crippen molar-refractivity contribution in [3.63, 3.8) is 0 Å². The van der Waals surface area contributed by atoms with Crippen LogP contribution < -0.4 is 5.32 Å². The SMILES string of the molecule is CC(C)(C)c1ccnc(NC2CCC(C(=O)O)CC2)n1. The van der Waals surface area contributed by atoms with Gasteiger partial charge in [-0.15, -0.1) is 0 Å². The van der Waals surface area contributed by atoms with Crippen LogP contribution in [-0.2, 0) is 10.2 Å². The maximum absolute atomic E-state index is 10.9. The summed E-state index contributed by atoms with van der Waals surface area (Å²) in [5.74, 6) is -0.208. The molecule has 0 atom stereocenters. The molecule has 5 nitrogen and oxygen atoms in total. The highest BCUT2D eigenvalue weighted by atomic mass is 16.4. The quantitative estimate of drug-likeness (QED) is 0.888. The molecule has 1 heterocycles. The maximum atomic E-state index is 10.9. The van der Waals surface area contributed by atoms with Crippen LogP contribution in [0, 0.1) is 5.92 Å². The van der Waals surface area contributed by atoms with Crippen molar-refractivity contribution in [3.8, 4) is 0 Å². The summed E-state index contributed by atoms with van der Waals surface area (Å²) in [6.45, 7) is 6.37. The minimum Gasteiger partial charge on any atom is -0.481 e. The van der Waals surface area contributed by atoms with Crippen LogP contribution in [0.3, 0.4) is 0 Å². The lowest BCUT2D eigenvalue weighted by atomic mass is 9.86. The van der Waals surface area contributed by atoms with Gasteiger partial charge in [0.2, 0.25) is 5.95 Å². The summed E-state index contributed by atoms with van der Waals surface area (Å²) >= 11 is 0. The average molecular weight is 277 g/mol. The van der Waals surface area contributed by atoms with Gasteiger partial charge in [-0.05, 0) is 31.7 Å². The van der Waals surface area contributed by atoms with Crippen LogP contribution in [0.15, 0.2) is 12.3 Å². The average Bonchev–Trinajstić information content (AvgIpc) is 2.38. The van der Waals surface area contributed by atoms with Gasteiger partial charge in [0.25, 0.3) is 0 Å². The van der Waals surface area contributed by atoms with E-state index in [9.17, 15) is 4.79 Å². The molecule has 1 aliphatic rings. The third-order valence-corrected chi connectivity index (χ3v) is 3.83. The zero-order valence-electron chi connectivity index (χ0n) is 12.4. The number of aromatic nitrogens is 2. The molecule has 1 aromatic heterocycles. The van der Waals surface area contributed by atoms with Crippen LogP contribution in [0.25, 0.3) is 0 Å². The van der Waals surface area contributed by atoms with Gasteiger partial charge in [-0.2, -0.15) is 0 Å². The molecule has 1 aromatic rings. The molecule has 20 heavy (non-hydrogen) atoms. The van der Waals surface area contributed by atoms with Gasteiger partial charge in [0.05, 0.1) is 11.6 Å². The molecule has 1 fully saturated rings. The Bertz CT molecular complexity index is 474. The van der Waals surface area contributed by atoms with E-state index in [1.165, 1.54) is 0 Å². The number of carbonyl (C=O) groups is 1. The largest absolute Gasteiger partial charge is 0.481 e. The van der Waals surface area contributed by atoms with Crippen LogP contribution in [0.5, 0.6) is 0 Å². The molecule has 2 N–H and O–H groups in total. The van der Waals surface area contributed by atoms with Gasteiger partial charge < -0.3 is 10.4 Å². The van der Waals surface area contributed by atoms with E-state index in [4.69, 9.17) is 5.11 Å². The Hall–Kier alpha value is -1.65. The molecule has 0 aliphatic heterocycles. The molecule has 1 aliphatic carbocycles. The van der Waals surface area contributed by atoms with E-state index in [-0.39, 0.29) is 17.4 Å². The van der Waals surface area contributed by atoms with Gasteiger partial charge in [0.1, 0.15) is 0 Å². The van der Waals surface area contributed by atoms with E-state index < -0.39 is 5.97 Å². The molecule has 0 bridgehead atoms. The first kappa shape index (κ1) is 14.8. The van der Waals surface area contributed by atoms with Crippen LogP contribution in [-0.4, -0.2) is 27.1 Å². The molecule has 0 radical (unpaired) electrons. The molecule has 0 aromatic carbocycles. The lowest BCUT2D eigenvalue weighted by molar-refractivity contribution is -0.142. The van der Waals surface area contributed by atoms with Crippen LogP contribution >= 0.6 is 0 Å². The highest BCUT2D eigenvalue weighted by molar-refractivity contribution is 5.70. The number of hydrogen-bond acceptors (Lipinski definition) is 4. The van der Waals surface area contributed by atoms with Crippen molar-refractivity contribution >= 4 is 11.9 Å². The number of anilines is 1. The van der Waals surface area contributed by atoms with E-state index in [2.05, 4.69) is 36.1 Å². The predicted octanol–water partition coefficient (Wildman–Crippen LogP) is 2.83. The molecular weight excluding hydrogens is 254 g/mol. The van der Waals surface area contributed by atoms with Crippen molar-refractivity contribution in [2.24, 2.45) is 5.92 Å². The summed E-state index contributed by atoms with van der Waals surface area (Å²) in [5, 5.41) is 12.3. The monoisotopic (exact) mass is 277 g/mol. The number of carboxylic acid groups (broad SMARTS) is 1. The molecule has 2 rings (SSSR count). The predicted molar refractivity (Wildman–Crippen MR) is 77.7 cm³/mol. The van der Waals surface area contributed by atoms with Gasteiger partial charge in [-0.25, -0.2) is 9.97 Å². The van der Waals surface area contributed by atoms with Gasteiger partial charge in [-0.1, -0.05) is 20.8 Å². The van der Waals surface area contributed by atoms with E-state index in [1.54, 1.807) is 6.20 Å². The Labute approximate surface area is 119 Å². The second kappa shape index (κ2) is 5.77. The summed E-state index contributed by atoms with van der Waals surface area (Å²) in [7, 11) is 0. The van der Waals surface area contributed by atoms with Gasteiger partial charge in [-0.3, -0.25) is 4.79 Å². The van der Waals surface area contributed by atoms with E-state index in [1.807, 2.05) is 6.07 Å². The summed E-state index contributed by atoms with van der Waals surface area (Å²) in [5.41, 5.74) is 1.01. The molecule has 0 saturated heterocycles. The Morgan fingerprint density at radius 2 is 1.95 bits per heavy atom. The van der Waals surface area contributed by atoms with Crippen LogP contribution in [0.2, 0.25) is 0 Å². The van der Waals surface area contributed by atoms with E-state index in [0.717, 1.165) is 31.4 Å². The minimum atomic E-state index is -0.672. The second-order valence-corrected chi connectivity index (χ2v) is 6.55. The van der Waals surface area contributed by atoms with Crippen molar-refractivity contribution in [1.82, 2.24) is 9.97 Å². The number of carboxylic acids is 1. The van der Waals surface area contributed by atoms with Crippen LogP contribution in [0.1, 0.15) is 52.1 Å². The van der Waals surface area contributed by atoms with Crippen molar-refractivity contribution in [2.75, 3.05) is 5.32 Å². The number of nitrogens with one attached hydrogen (secondary N) is 1. The lowest BCUT2D eigenvalue weighted by Gasteiger charge is -2.27. The fraction of sp³-hybridized carbons (Fsp3) is 0.667. The maximum Gasteiger partial charge on any atom is 0.306 e. The number of aliphatic carboxylic acids is 1. The van der Waals surface area contributed by atoms with Crippen molar-refractivity contribution in [2.45, 2.75) is 57.9 Å². The van der Waals surface area contributed by atoms with Gasteiger partial charge in [0.15, 0.2) is 0 Å². The van der Waals surface area contributed by atoms with Gasteiger partial charge >= 0.3 is 5.97 Å². The third-order valence-electron chi connectivity index (χ3n) is 3.83. The number of hydrogen-bond donors (Lipinski definition) is 2. The highest BCUT2D eigenvalue weighted by Crippen LogP contribution is 2.26. The van der Waals surface area contributed by atoms with Crippen LogP contribution in [0.4, 0.5) is 5.95 Å². The summed E-state index contributed by atoms with van der Waals surface area (Å²) in [6, 6.07) is 2.22. The fourth-order valence-electron chi connectivity index (χ4n) is 2.51. The summed E-state index contributed by atoms with van der Waals surface area (Å²) in [6.07, 6.45) is 4.96. The first-order valence-electron chi connectivity index (χ1n) is 7.19. The Balaban J connectivity index is 1.96.